The molecule has 35 heavy (non-hydrogen) atoms. The fourth-order valence-corrected chi connectivity index (χ4v) is 4.16. The SMILES string of the molecule is CCCCc1nc(C(CCC)(OC)OC)nn1Cc1ccc(-c2ncccc2N2NC=NN2)cc1. The molecule has 2 aromatic heterocycles. The monoisotopic (exact) mass is 478 g/mol. The van der Waals surface area contributed by atoms with Crippen molar-refractivity contribution in [2.75, 3.05) is 19.3 Å². The second kappa shape index (κ2) is 11.3. The molecule has 0 saturated carbocycles. The van der Waals surface area contributed by atoms with E-state index in [2.05, 4.69) is 59.2 Å². The number of nitrogens with zero attached hydrogens (tertiary/aromatic N) is 6. The van der Waals surface area contributed by atoms with Gasteiger partial charge in [-0.15, -0.1) is 10.2 Å². The van der Waals surface area contributed by atoms with Crippen molar-refractivity contribution >= 4 is 12.0 Å². The first-order chi connectivity index (χ1) is 17.1. The van der Waals surface area contributed by atoms with E-state index in [0.717, 1.165) is 54.0 Å². The molecule has 0 unspecified atom stereocenters. The van der Waals surface area contributed by atoms with Crippen LogP contribution in [0.15, 0.2) is 47.7 Å². The van der Waals surface area contributed by atoms with Crippen molar-refractivity contribution in [1.82, 2.24) is 30.7 Å². The predicted octanol–water partition coefficient (Wildman–Crippen LogP) is 3.75. The molecule has 1 aliphatic rings. The summed E-state index contributed by atoms with van der Waals surface area (Å²) in [5, 5.41) is 10.6. The van der Waals surface area contributed by atoms with Crippen LogP contribution in [0.25, 0.3) is 11.3 Å². The molecule has 0 amide bonds. The molecule has 0 radical (unpaired) electrons. The molecule has 0 saturated heterocycles. The van der Waals surface area contributed by atoms with Crippen LogP contribution in [0, 0.1) is 0 Å². The summed E-state index contributed by atoms with van der Waals surface area (Å²) in [6, 6.07) is 12.2. The molecule has 10 nitrogen and oxygen atoms in total. The third-order valence-corrected chi connectivity index (χ3v) is 6.08. The van der Waals surface area contributed by atoms with Crippen LogP contribution in [0.3, 0.4) is 0 Å². The second-order valence-corrected chi connectivity index (χ2v) is 8.41. The van der Waals surface area contributed by atoms with Crippen molar-refractivity contribution in [2.24, 2.45) is 5.10 Å². The predicted molar refractivity (Wildman–Crippen MR) is 135 cm³/mol. The average molecular weight is 479 g/mol. The normalized spacial score (nSPS) is 13.2. The van der Waals surface area contributed by atoms with E-state index < -0.39 is 5.79 Å². The maximum atomic E-state index is 5.76. The quantitative estimate of drug-likeness (QED) is 0.380. The number of nitrogens with one attached hydrogen (secondary N) is 2. The highest BCUT2D eigenvalue weighted by atomic mass is 16.7. The Labute approximate surface area is 206 Å². The number of benzene rings is 1. The van der Waals surface area contributed by atoms with Crippen LogP contribution in [0.1, 0.15) is 56.7 Å². The fourth-order valence-electron chi connectivity index (χ4n) is 4.16. The number of methoxy groups -OCH3 is 2. The molecular formula is C25H34N8O2. The minimum Gasteiger partial charge on any atom is -0.347 e. The van der Waals surface area contributed by atoms with E-state index in [1.807, 2.05) is 16.8 Å². The minimum atomic E-state index is -0.929. The van der Waals surface area contributed by atoms with Crippen molar-refractivity contribution in [3.05, 3.63) is 59.8 Å². The van der Waals surface area contributed by atoms with Crippen LogP contribution in [0.5, 0.6) is 0 Å². The zero-order valence-electron chi connectivity index (χ0n) is 20.9. The van der Waals surface area contributed by atoms with Crippen molar-refractivity contribution in [3.63, 3.8) is 0 Å². The summed E-state index contributed by atoms with van der Waals surface area (Å²) in [5.41, 5.74) is 9.79. The van der Waals surface area contributed by atoms with Gasteiger partial charge in [0.2, 0.25) is 11.6 Å². The number of anilines is 1. The van der Waals surface area contributed by atoms with E-state index in [0.29, 0.717) is 18.8 Å². The van der Waals surface area contributed by atoms with Crippen LogP contribution >= 0.6 is 0 Å². The number of hydrazine groups is 2. The third-order valence-electron chi connectivity index (χ3n) is 6.08. The number of ether oxygens (including phenoxy) is 2. The summed E-state index contributed by atoms with van der Waals surface area (Å²) >= 11 is 0. The number of hydrogen-bond donors (Lipinski definition) is 2. The van der Waals surface area contributed by atoms with Crippen LogP contribution in [0.2, 0.25) is 0 Å². The first kappa shape index (κ1) is 24.6. The smallest absolute Gasteiger partial charge is 0.231 e. The molecule has 4 rings (SSSR count). The molecule has 0 aliphatic carbocycles. The van der Waals surface area contributed by atoms with Gasteiger partial charge in [-0.05, 0) is 24.1 Å². The van der Waals surface area contributed by atoms with E-state index in [1.54, 1.807) is 31.9 Å². The molecule has 10 heteroatoms. The van der Waals surface area contributed by atoms with Gasteiger partial charge in [0.25, 0.3) is 0 Å². The zero-order valence-corrected chi connectivity index (χ0v) is 20.9. The Bertz CT molecular complexity index is 1120. The van der Waals surface area contributed by atoms with Crippen LogP contribution < -0.4 is 16.1 Å². The highest BCUT2D eigenvalue weighted by molar-refractivity contribution is 5.76. The summed E-state index contributed by atoms with van der Waals surface area (Å²) in [6.07, 6.45) is 7.94. The molecule has 3 aromatic rings. The number of aromatic nitrogens is 4. The molecule has 1 aliphatic heterocycles. The number of hydrazone groups is 1. The molecule has 2 N–H and O–H groups in total. The minimum absolute atomic E-state index is 0.582. The summed E-state index contributed by atoms with van der Waals surface area (Å²) in [5.74, 6) is 0.596. The highest BCUT2D eigenvalue weighted by Crippen LogP contribution is 2.30. The molecular weight excluding hydrogens is 444 g/mol. The molecule has 3 heterocycles. The first-order valence-corrected chi connectivity index (χ1v) is 12.1. The Hall–Kier alpha value is -3.50. The number of pyridine rings is 1. The van der Waals surface area contributed by atoms with Crippen molar-refractivity contribution < 1.29 is 9.47 Å². The van der Waals surface area contributed by atoms with Crippen LogP contribution in [0.4, 0.5) is 5.69 Å². The van der Waals surface area contributed by atoms with Gasteiger partial charge in [0.1, 0.15) is 17.9 Å². The van der Waals surface area contributed by atoms with Gasteiger partial charge in [0.05, 0.1) is 12.2 Å². The maximum Gasteiger partial charge on any atom is 0.231 e. The van der Waals surface area contributed by atoms with Gasteiger partial charge in [-0.3, -0.25) is 10.4 Å². The Morgan fingerprint density at radius 2 is 1.83 bits per heavy atom. The van der Waals surface area contributed by atoms with Gasteiger partial charge in [-0.1, -0.05) is 51.0 Å². The van der Waals surface area contributed by atoms with Gasteiger partial charge < -0.3 is 9.47 Å². The van der Waals surface area contributed by atoms with Gasteiger partial charge in [0.15, 0.2) is 0 Å². The summed E-state index contributed by atoms with van der Waals surface area (Å²) in [7, 11) is 3.30. The van der Waals surface area contributed by atoms with Gasteiger partial charge in [-0.2, -0.15) is 10.7 Å². The van der Waals surface area contributed by atoms with Gasteiger partial charge >= 0.3 is 0 Å². The summed E-state index contributed by atoms with van der Waals surface area (Å²) in [4.78, 5) is 9.45. The molecule has 0 fully saturated rings. The summed E-state index contributed by atoms with van der Waals surface area (Å²) in [6.45, 7) is 4.89. The molecule has 0 bridgehead atoms. The lowest BCUT2D eigenvalue weighted by Gasteiger charge is -2.27. The molecule has 0 spiro atoms. The number of hydrogen-bond acceptors (Lipinski definition) is 9. The number of aryl methyl sites for hydroxylation is 1. The van der Waals surface area contributed by atoms with E-state index in [9.17, 15) is 0 Å². The average Bonchev–Trinajstić information content (AvgIpc) is 3.57. The lowest BCUT2D eigenvalue weighted by molar-refractivity contribution is -0.225. The lowest BCUT2D eigenvalue weighted by atomic mass is 10.1. The molecule has 1 aromatic carbocycles. The maximum absolute atomic E-state index is 5.76. The standard InChI is InChI=1S/C25H34N8O2/c1-5-7-10-22-29-24(25(34-3,35-4)15-6-2)30-32(22)17-19-11-13-20(14-12-19)23-21(9-8-16-26-23)33-28-18-27-31-33/h8-9,11-14,16,18,31H,5-7,10,15,17H2,1-4H3,(H,27,28). The Morgan fingerprint density at radius 3 is 2.49 bits per heavy atom. The Balaban J connectivity index is 1.59. The van der Waals surface area contributed by atoms with E-state index in [1.165, 1.54) is 0 Å². The van der Waals surface area contributed by atoms with Crippen LogP contribution in [-0.4, -0.2) is 40.3 Å². The fraction of sp³-hybridized carbons (Fsp3) is 0.440. The second-order valence-electron chi connectivity index (χ2n) is 8.41. The largest absolute Gasteiger partial charge is 0.347 e. The number of unbranched alkanes of at least 4 members (excludes halogenated alkanes) is 1. The zero-order chi connectivity index (χ0) is 24.7. The Kier molecular flexibility index (Phi) is 7.94. The van der Waals surface area contributed by atoms with Crippen LogP contribution in [-0.2, 0) is 28.2 Å². The number of rotatable bonds is 12. The molecule has 186 valence electrons. The molecule has 0 atom stereocenters. The van der Waals surface area contributed by atoms with Crippen molar-refractivity contribution in [1.29, 1.82) is 0 Å². The van der Waals surface area contributed by atoms with E-state index in [-0.39, 0.29) is 0 Å². The highest BCUT2D eigenvalue weighted by Gasteiger charge is 2.36. The van der Waals surface area contributed by atoms with E-state index >= 15 is 0 Å². The topological polar surface area (TPSA) is 102 Å². The van der Waals surface area contributed by atoms with Gasteiger partial charge in [-0.25, -0.2) is 9.67 Å². The van der Waals surface area contributed by atoms with Gasteiger partial charge in [0, 0.05) is 38.8 Å². The Morgan fingerprint density at radius 1 is 1.03 bits per heavy atom. The van der Waals surface area contributed by atoms with Crippen molar-refractivity contribution in [2.45, 2.75) is 58.3 Å². The third kappa shape index (κ3) is 5.28. The first-order valence-electron chi connectivity index (χ1n) is 12.1. The lowest BCUT2D eigenvalue weighted by Crippen LogP contribution is -2.39. The van der Waals surface area contributed by atoms with E-state index in [4.69, 9.17) is 19.6 Å². The summed E-state index contributed by atoms with van der Waals surface area (Å²) < 4.78 is 13.5. The van der Waals surface area contributed by atoms with Crippen molar-refractivity contribution in [3.8, 4) is 11.3 Å².